The van der Waals surface area contributed by atoms with Crippen LogP contribution in [0.3, 0.4) is 0 Å². The lowest BCUT2D eigenvalue weighted by Gasteiger charge is -2.12. The SMILES string of the molecule is Cc1ccc(C(=O)OCC(=O)Nc2ccc(S(=O)(=O)N(C)C)cc2)c(O)c1. The molecule has 0 spiro atoms. The van der Waals surface area contributed by atoms with Gasteiger partial charge in [0.05, 0.1) is 4.90 Å². The number of esters is 1. The Morgan fingerprint density at radius 1 is 1.11 bits per heavy atom. The van der Waals surface area contributed by atoms with E-state index >= 15 is 0 Å². The predicted octanol–water partition coefficient (Wildman–Crippen LogP) is 1.75. The molecule has 27 heavy (non-hydrogen) atoms. The first-order valence-corrected chi connectivity index (χ1v) is 9.34. The van der Waals surface area contributed by atoms with Gasteiger partial charge < -0.3 is 15.2 Å². The standard InChI is InChI=1S/C18H20N2O6S/c1-12-4-9-15(16(21)10-12)18(23)26-11-17(22)19-13-5-7-14(8-6-13)27(24,25)20(2)3/h4-10,21H,11H2,1-3H3,(H,19,22). The number of carbonyl (C=O) groups excluding carboxylic acids is 2. The molecule has 2 N–H and O–H groups in total. The van der Waals surface area contributed by atoms with Crippen molar-refractivity contribution in [2.75, 3.05) is 26.0 Å². The minimum atomic E-state index is -3.55. The summed E-state index contributed by atoms with van der Waals surface area (Å²) in [6.45, 7) is 1.21. The Bertz CT molecular complexity index is 952. The van der Waals surface area contributed by atoms with Gasteiger partial charge in [-0.2, -0.15) is 0 Å². The van der Waals surface area contributed by atoms with Gasteiger partial charge in [0, 0.05) is 19.8 Å². The van der Waals surface area contributed by atoms with Gasteiger partial charge in [-0.25, -0.2) is 17.5 Å². The lowest BCUT2D eigenvalue weighted by molar-refractivity contribution is -0.119. The van der Waals surface area contributed by atoms with Crippen LogP contribution < -0.4 is 5.32 Å². The van der Waals surface area contributed by atoms with E-state index in [1.807, 2.05) is 0 Å². The Morgan fingerprint density at radius 2 is 1.74 bits per heavy atom. The monoisotopic (exact) mass is 392 g/mol. The van der Waals surface area contributed by atoms with E-state index in [1.54, 1.807) is 13.0 Å². The quantitative estimate of drug-likeness (QED) is 0.724. The zero-order valence-corrected chi connectivity index (χ0v) is 15.9. The second-order valence-electron chi connectivity index (χ2n) is 5.96. The molecule has 2 rings (SSSR count). The van der Waals surface area contributed by atoms with Crippen LogP contribution in [0.1, 0.15) is 15.9 Å². The van der Waals surface area contributed by atoms with Gasteiger partial charge in [-0.05, 0) is 48.9 Å². The first kappa shape index (κ1) is 20.4. The number of aromatic hydroxyl groups is 1. The number of amides is 1. The largest absolute Gasteiger partial charge is 0.507 e. The second-order valence-corrected chi connectivity index (χ2v) is 8.11. The Morgan fingerprint density at radius 3 is 2.30 bits per heavy atom. The van der Waals surface area contributed by atoms with Gasteiger partial charge in [0.15, 0.2) is 6.61 Å². The summed E-state index contributed by atoms with van der Waals surface area (Å²) >= 11 is 0. The molecule has 0 aliphatic heterocycles. The molecule has 0 aliphatic rings. The van der Waals surface area contributed by atoms with Crippen molar-refractivity contribution in [1.82, 2.24) is 4.31 Å². The third kappa shape index (κ3) is 5.05. The van der Waals surface area contributed by atoms with Crippen molar-refractivity contribution < 1.29 is 27.9 Å². The third-order valence-corrected chi connectivity index (χ3v) is 5.45. The first-order valence-electron chi connectivity index (χ1n) is 7.90. The van der Waals surface area contributed by atoms with E-state index in [1.165, 1.54) is 50.5 Å². The van der Waals surface area contributed by atoms with E-state index in [9.17, 15) is 23.1 Å². The van der Waals surface area contributed by atoms with Crippen molar-refractivity contribution in [1.29, 1.82) is 0 Å². The molecule has 8 nitrogen and oxygen atoms in total. The molecule has 0 fully saturated rings. The van der Waals surface area contributed by atoms with Crippen molar-refractivity contribution in [3.8, 4) is 5.75 Å². The van der Waals surface area contributed by atoms with Crippen molar-refractivity contribution in [2.45, 2.75) is 11.8 Å². The fraction of sp³-hybridized carbons (Fsp3) is 0.222. The number of phenols is 1. The van der Waals surface area contributed by atoms with Gasteiger partial charge in [-0.15, -0.1) is 0 Å². The normalized spacial score (nSPS) is 11.3. The minimum Gasteiger partial charge on any atom is -0.507 e. The number of phenolic OH excluding ortho intramolecular Hbond substituents is 1. The van der Waals surface area contributed by atoms with Gasteiger partial charge in [-0.3, -0.25) is 4.79 Å². The van der Waals surface area contributed by atoms with Crippen LogP contribution in [-0.2, 0) is 19.6 Å². The zero-order chi connectivity index (χ0) is 20.2. The zero-order valence-electron chi connectivity index (χ0n) is 15.1. The maximum absolute atomic E-state index is 12.0. The van der Waals surface area contributed by atoms with E-state index in [0.717, 1.165) is 9.87 Å². The molecule has 0 bridgehead atoms. The van der Waals surface area contributed by atoms with Crippen molar-refractivity contribution in [3.05, 3.63) is 53.6 Å². The van der Waals surface area contributed by atoms with E-state index < -0.39 is 28.5 Å². The van der Waals surface area contributed by atoms with Gasteiger partial charge in [-0.1, -0.05) is 6.07 Å². The molecule has 0 radical (unpaired) electrons. The summed E-state index contributed by atoms with van der Waals surface area (Å²) in [7, 11) is -0.710. The fourth-order valence-corrected chi connectivity index (χ4v) is 3.04. The molecule has 0 saturated heterocycles. The van der Waals surface area contributed by atoms with Crippen molar-refractivity contribution in [2.24, 2.45) is 0 Å². The van der Waals surface area contributed by atoms with Crippen LogP contribution in [0.2, 0.25) is 0 Å². The van der Waals surface area contributed by atoms with Crippen LogP contribution in [0.15, 0.2) is 47.4 Å². The summed E-state index contributed by atoms with van der Waals surface area (Å²) in [5, 5.41) is 12.2. The third-order valence-electron chi connectivity index (χ3n) is 3.62. The predicted molar refractivity (Wildman–Crippen MR) is 99.1 cm³/mol. The molecule has 0 unspecified atom stereocenters. The van der Waals surface area contributed by atoms with Crippen molar-refractivity contribution >= 4 is 27.6 Å². The van der Waals surface area contributed by atoms with Crippen LogP contribution in [0.5, 0.6) is 5.75 Å². The number of ether oxygens (including phenoxy) is 1. The van der Waals surface area contributed by atoms with Crippen LogP contribution in [0, 0.1) is 6.92 Å². The number of hydrogen-bond acceptors (Lipinski definition) is 6. The summed E-state index contributed by atoms with van der Waals surface area (Å²) in [4.78, 5) is 23.9. The van der Waals surface area contributed by atoms with E-state index in [0.29, 0.717) is 5.69 Å². The Kier molecular flexibility index (Phi) is 6.19. The number of nitrogens with zero attached hydrogens (tertiary/aromatic N) is 1. The number of carbonyl (C=O) groups is 2. The van der Waals surface area contributed by atoms with Crippen LogP contribution in [0.4, 0.5) is 5.69 Å². The number of nitrogens with one attached hydrogen (secondary N) is 1. The molecule has 144 valence electrons. The van der Waals surface area contributed by atoms with E-state index in [2.05, 4.69) is 5.32 Å². The summed E-state index contributed by atoms with van der Waals surface area (Å²) in [5.41, 5.74) is 1.10. The molecule has 0 atom stereocenters. The smallest absolute Gasteiger partial charge is 0.342 e. The highest BCUT2D eigenvalue weighted by Gasteiger charge is 2.17. The summed E-state index contributed by atoms with van der Waals surface area (Å²) in [5.74, 6) is -1.65. The average molecular weight is 392 g/mol. The highest BCUT2D eigenvalue weighted by molar-refractivity contribution is 7.89. The Hall–Kier alpha value is -2.91. The first-order chi connectivity index (χ1) is 12.6. The minimum absolute atomic E-state index is 0.0355. The lowest BCUT2D eigenvalue weighted by atomic mass is 10.1. The van der Waals surface area contributed by atoms with Crippen LogP contribution in [-0.4, -0.2) is 50.4 Å². The average Bonchev–Trinajstić information content (AvgIpc) is 2.60. The van der Waals surface area contributed by atoms with E-state index in [-0.39, 0.29) is 16.2 Å². The number of sulfonamides is 1. The molecule has 2 aromatic carbocycles. The second kappa shape index (κ2) is 8.19. The van der Waals surface area contributed by atoms with Gasteiger partial charge in [0.25, 0.3) is 5.91 Å². The number of anilines is 1. The molecule has 1 amide bonds. The lowest BCUT2D eigenvalue weighted by Crippen LogP contribution is -2.22. The Balaban J connectivity index is 1.95. The maximum atomic E-state index is 12.0. The van der Waals surface area contributed by atoms with Gasteiger partial charge >= 0.3 is 5.97 Å². The number of hydrogen-bond donors (Lipinski definition) is 2. The number of rotatable bonds is 6. The van der Waals surface area contributed by atoms with Crippen LogP contribution in [0.25, 0.3) is 0 Å². The summed E-state index contributed by atoms with van der Waals surface area (Å²) < 4.78 is 29.9. The summed E-state index contributed by atoms with van der Waals surface area (Å²) in [6.07, 6.45) is 0. The van der Waals surface area contributed by atoms with Gasteiger partial charge in [0.2, 0.25) is 10.0 Å². The fourth-order valence-electron chi connectivity index (χ4n) is 2.14. The van der Waals surface area contributed by atoms with Gasteiger partial charge in [0.1, 0.15) is 11.3 Å². The molecular formula is C18H20N2O6S. The number of benzene rings is 2. The maximum Gasteiger partial charge on any atom is 0.342 e. The topological polar surface area (TPSA) is 113 Å². The number of aryl methyl sites for hydroxylation is 1. The molecule has 0 aliphatic carbocycles. The van der Waals surface area contributed by atoms with Crippen LogP contribution >= 0.6 is 0 Å². The molecule has 2 aromatic rings. The highest BCUT2D eigenvalue weighted by atomic mass is 32.2. The van der Waals surface area contributed by atoms with Crippen molar-refractivity contribution in [3.63, 3.8) is 0 Å². The highest BCUT2D eigenvalue weighted by Crippen LogP contribution is 2.19. The molecule has 9 heteroatoms. The summed E-state index contributed by atoms with van der Waals surface area (Å²) in [6, 6.07) is 10.1. The molecular weight excluding hydrogens is 372 g/mol. The molecule has 0 heterocycles. The van der Waals surface area contributed by atoms with E-state index in [4.69, 9.17) is 4.74 Å². The molecule has 0 saturated carbocycles. The molecule has 0 aromatic heterocycles. The Labute approximate surface area is 157 Å².